The Morgan fingerprint density at radius 1 is 0.944 bits per heavy atom. The minimum Gasteiger partial charge on any atom is -0.441 e. The van der Waals surface area contributed by atoms with Gasteiger partial charge in [0.25, 0.3) is 0 Å². The summed E-state index contributed by atoms with van der Waals surface area (Å²) in [4.78, 5) is 29.2. The lowest BCUT2D eigenvalue weighted by Crippen LogP contribution is -2.37. The minimum absolute atomic E-state index is 0.164. The van der Waals surface area contributed by atoms with Crippen molar-refractivity contribution in [3.8, 4) is 0 Å². The predicted molar refractivity (Wildman–Crippen MR) is 55.5 cm³/mol. The number of nitrogens with two attached hydrogens (primary N) is 2. The highest BCUT2D eigenvalue weighted by Gasteiger charge is 2.50. The number of amides is 2. The summed E-state index contributed by atoms with van der Waals surface area (Å²) in [5.41, 5.74) is 9.79. The molecule has 0 bridgehead atoms. The van der Waals surface area contributed by atoms with Gasteiger partial charge in [-0.25, -0.2) is 9.59 Å². The first-order valence-corrected chi connectivity index (χ1v) is 5.02. The second kappa shape index (κ2) is 6.17. The Morgan fingerprint density at radius 2 is 1.28 bits per heavy atom. The molecule has 2 saturated heterocycles. The van der Waals surface area contributed by atoms with E-state index in [0.29, 0.717) is 0 Å². The van der Waals surface area contributed by atoms with Gasteiger partial charge in [-0.05, 0) is 0 Å². The van der Waals surface area contributed by atoms with E-state index in [1.165, 1.54) is 0 Å². The van der Waals surface area contributed by atoms with Crippen molar-refractivity contribution in [3.63, 3.8) is 0 Å². The third kappa shape index (κ3) is 3.08. The van der Waals surface area contributed by atoms with E-state index in [9.17, 15) is 9.59 Å². The zero-order valence-corrected chi connectivity index (χ0v) is 9.44. The van der Waals surface area contributed by atoms with E-state index in [1.54, 1.807) is 0 Å². The molecular weight excluding hydrogens is 248 g/mol. The number of carbonyl (C=O) groups excluding carboxylic acids is 3. The second-order valence-electron chi connectivity index (χ2n) is 3.55. The van der Waals surface area contributed by atoms with Gasteiger partial charge in [0.05, 0.1) is 13.2 Å². The van der Waals surface area contributed by atoms with E-state index in [0.717, 1.165) is 0 Å². The zero-order chi connectivity index (χ0) is 13.7. The van der Waals surface area contributed by atoms with Crippen molar-refractivity contribution in [2.24, 2.45) is 11.5 Å². The molecular formula is C9H14N2O7. The normalized spacial score (nSPS) is 32.9. The van der Waals surface area contributed by atoms with Crippen LogP contribution >= 0.6 is 0 Å². The minimum atomic E-state index is -0.892. The van der Waals surface area contributed by atoms with Gasteiger partial charge in [-0.15, -0.1) is 0 Å². The maximum atomic E-state index is 10.6. The molecule has 0 saturated carbocycles. The molecule has 2 aliphatic heterocycles. The summed E-state index contributed by atoms with van der Waals surface area (Å²) in [6, 6.07) is 0. The smallest absolute Gasteiger partial charge is 0.404 e. The number of hydrogen-bond donors (Lipinski definition) is 2. The Morgan fingerprint density at radius 3 is 1.56 bits per heavy atom. The second-order valence-corrected chi connectivity index (χ2v) is 3.55. The molecule has 0 aromatic heterocycles. The highest BCUT2D eigenvalue weighted by Crippen LogP contribution is 2.30. The van der Waals surface area contributed by atoms with Gasteiger partial charge in [-0.2, -0.15) is 0 Å². The molecule has 0 unspecified atom stereocenters. The van der Waals surface area contributed by atoms with Crippen LogP contribution in [0.3, 0.4) is 0 Å². The van der Waals surface area contributed by atoms with Crippen molar-refractivity contribution in [1.82, 2.24) is 0 Å². The molecule has 18 heavy (non-hydrogen) atoms. The van der Waals surface area contributed by atoms with Crippen LogP contribution in [-0.2, 0) is 23.7 Å². The van der Waals surface area contributed by atoms with Gasteiger partial charge in [-0.3, -0.25) is 0 Å². The van der Waals surface area contributed by atoms with E-state index in [-0.39, 0.29) is 13.2 Å². The summed E-state index contributed by atoms with van der Waals surface area (Å²) < 4.78 is 20.2. The summed E-state index contributed by atoms with van der Waals surface area (Å²) in [5, 5.41) is 0. The molecule has 0 spiro atoms. The third-order valence-corrected chi connectivity index (χ3v) is 2.50. The number of fused-ring (bicyclic) bond motifs is 1. The zero-order valence-electron chi connectivity index (χ0n) is 9.44. The van der Waals surface area contributed by atoms with Gasteiger partial charge < -0.3 is 35.2 Å². The maximum Gasteiger partial charge on any atom is 0.404 e. The number of carbonyl (C=O) groups is 3. The maximum absolute atomic E-state index is 10.6. The van der Waals surface area contributed by atoms with Gasteiger partial charge in [-0.1, -0.05) is 0 Å². The van der Waals surface area contributed by atoms with Crippen molar-refractivity contribution < 1.29 is 33.3 Å². The molecule has 9 nitrogen and oxygen atoms in total. The molecule has 0 aliphatic carbocycles. The van der Waals surface area contributed by atoms with Crippen molar-refractivity contribution in [1.29, 1.82) is 0 Å². The largest absolute Gasteiger partial charge is 0.441 e. The van der Waals surface area contributed by atoms with Gasteiger partial charge in [0.15, 0.2) is 12.2 Å². The molecule has 9 heteroatoms. The molecule has 2 fully saturated rings. The van der Waals surface area contributed by atoms with Crippen LogP contribution in [0.5, 0.6) is 0 Å². The van der Waals surface area contributed by atoms with Crippen molar-refractivity contribution >= 4 is 19.0 Å². The summed E-state index contributed by atoms with van der Waals surface area (Å²) in [6.07, 6.45) is -3.84. The SMILES string of the molecule is C=O.NC(=O)O[C@H]1CO[C@H]2[C@@H]1OC[C@H]2OC(N)=O. The molecule has 0 aromatic carbocycles. The first-order chi connectivity index (χ1) is 8.58. The summed E-state index contributed by atoms with van der Waals surface area (Å²) in [7, 11) is 0. The van der Waals surface area contributed by atoms with Crippen LogP contribution in [-0.4, -0.2) is 56.6 Å². The predicted octanol–water partition coefficient (Wildman–Crippen LogP) is -1.47. The third-order valence-electron chi connectivity index (χ3n) is 2.50. The standard InChI is InChI=1S/C8H12N2O6.CH2O/c9-7(11)15-3-1-13-6-4(16-8(10)12)2-14-5(3)6;1-2/h3-6H,1-2H2,(H2,9,11)(H2,10,12);1H2/t3-,4+,5-,6-;/m1./s1. The highest BCUT2D eigenvalue weighted by atomic mass is 16.7. The van der Waals surface area contributed by atoms with E-state index in [1.807, 2.05) is 6.79 Å². The lowest BCUT2D eigenvalue weighted by atomic mass is 10.1. The van der Waals surface area contributed by atoms with Gasteiger partial charge in [0, 0.05) is 0 Å². The average Bonchev–Trinajstić information content (AvgIpc) is 2.85. The molecule has 2 amide bonds. The number of primary amides is 2. The van der Waals surface area contributed by atoms with Crippen LogP contribution in [0.15, 0.2) is 0 Å². The van der Waals surface area contributed by atoms with Crippen LogP contribution in [0.25, 0.3) is 0 Å². The molecule has 2 heterocycles. The van der Waals surface area contributed by atoms with Crippen LogP contribution in [0.2, 0.25) is 0 Å². The van der Waals surface area contributed by atoms with E-state index < -0.39 is 36.6 Å². The molecule has 2 aliphatic rings. The first-order valence-electron chi connectivity index (χ1n) is 5.02. The fraction of sp³-hybridized carbons (Fsp3) is 0.667. The van der Waals surface area contributed by atoms with E-state index >= 15 is 0 Å². The molecule has 4 N–H and O–H groups in total. The summed E-state index contributed by atoms with van der Waals surface area (Å²) in [6.45, 7) is 2.33. The number of rotatable bonds is 2. The van der Waals surface area contributed by atoms with Crippen LogP contribution in [0, 0.1) is 0 Å². The van der Waals surface area contributed by atoms with Crippen molar-refractivity contribution in [2.45, 2.75) is 24.4 Å². The van der Waals surface area contributed by atoms with E-state index in [4.69, 9.17) is 35.2 Å². The Labute approximate surface area is 102 Å². The Balaban J connectivity index is 0.000000771. The quantitative estimate of drug-likeness (QED) is 0.618. The molecule has 2 rings (SSSR count). The van der Waals surface area contributed by atoms with E-state index in [2.05, 4.69) is 0 Å². The molecule has 4 atom stereocenters. The molecule has 102 valence electrons. The number of hydrogen-bond acceptors (Lipinski definition) is 7. The number of ether oxygens (including phenoxy) is 4. The summed E-state index contributed by atoms with van der Waals surface area (Å²) >= 11 is 0. The van der Waals surface area contributed by atoms with Crippen molar-refractivity contribution in [3.05, 3.63) is 0 Å². The molecule has 0 aromatic rings. The lowest BCUT2D eigenvalue weighted by molar-refractivity contribution is -0.0980. The fourth-order valence-electron chi connectivity index (χ4n) is 1.93. The molecule has 0 radical (unpaired) electrons. The van der Waals surface area contributed by atoms with Crippen LogP contribution < -0.4 is 11.5 Å². The Kier molecular flexibility index (Phi) is 4.86. The van der Waals surface area contributed by atoms with Gasteiger partial charge >= 0.3 is 12.2 Å². The van der Waals surface area contributed by atoms with Crippen LogP contribution in [0.1, 0.15) is 0 Å². The highest BCUT2D eigenvalue weighted by molar-refractivity contribution is 5.65. The lowest BCUT2D eigenvalue weighted by Gasteiger charge is -2.15. The van der Waals surface area contributed by atoms with Gasteiger partial charge in [0.2, 0.25) is 0 Å². The average molecular weight is 262 g/mol. The van der Waals surface area contributed by atoms with Crippen molar-refractivity contribution in [2.75, 3.05) is 13.2 Å². The Hall–Kier alpha value is -1.87. The fourth-order valence-corrected chi connectivity index (χ4v) is 1.93. The van der Waals surface area contributed by atoms with Gasteiger partial charge in [0.1, 0.15) is 19.0 Å². The first kappa shape index (κ1) is 14.2. The summed E-state index contributed by atoms with van der Waals surface area (Å²) in [5.74, 6) is 0. The van der Waals surface area contributed by atoms with Crippen LogP contribution in [0.4, 0.5) is 9.59 Å². The Bertz CT molecular complexity index is 294. The topological polar surface area (TPSA) is 140 Å². The monoisotopic (exact) mass is 262 g/mol.